The van der Waals surface area contributed by atoms with Crippen LogP contribution >= 0.6 is 11.6 Å². The molecule has 144 valence electrons. The summed E-state index contributed by atoms with van der Waals surface area (Å²) in [5, 5.41) is 25.9. The Morgan fingerprint density at radius 1 is 1.22 bits per heavy atom. The lowest BCUT2D eigenvalue weighted by Gasteiger charge is -2.10. The highest BCUT2D eigenvalue weighted by Gasteiger charge is 2.18. The number of carbonyl (C=O) groups is 1. The molecular weight excluding hydrogens is 398 g/mol. The van der Waals surface area contributed by atoms with E-state index < -0.39 is 20.7 Å². The van der Waals surface area contributed by atoms with Crippen LogP contribution in [-0.4, -0.2) is 43.7 Å². The van der Waals surface area contributed by atoms with Crippen LogP contribution < -0.4 is 10.6 Å². The van der Waals surface area contributed by atoms with Gasteiger partial charge in [0, 0.05) is 31.0 Å². The van der Waals surface area contributed by atoms with Crippen LogP contribution in [0.2, 0.25) is 5.02 Å². The van der Waals surface area contributed by atoms with Gasteiger partial charge < -0.3 is 15.7 Å². The summed E-state index contributed by atoms with van der Waals surface area (Å²) in [4.78, 5) is 22.3. The number of phenolic OH excluding ortho intramolecular Hbond substituents is 1. The average Bonchev–Trinajstić information content (AvgIpc) is 2.59. The summed E-state index contributed by atoms with van der Waals surface area (Å²) >= 11 is 5.74. The van der Waals surface area contributed by atoms with Crippen molar-refractivity contribution in [2.45, 2.75) is 4.90 Å². The number of sulfone groups is 1. The lowest BCUT2D eigenvalue weighted by Crippen LogP contribution is -2.28. The third kappa shape index (κ3) is 5.31. The van der Waals surface area contributed by atoms with Gasteiger partial charge in [-0.15, -0.1) is 0 Å². The highest BCUT2D eigenvalue weighted by Crippen LogP contribution is 2.27. The minimum absolute atomic E-state index is 0.0439. The number of nitrogens with one attached hydrogen (secondary N) is 2. The Labute approximate surface area is 160 Å². The van der Waals surface area contributed by atoms with Crippen molar-refractivity contribution in [2.75, 3.05) is 24.7 Å². The number of aromatic hydroxyl groups is 1. The van der Waals surface area contributed by atoms with E-state index in [4.69, 9.17) is 11.6 Å². The number of rotatable bonds is 7. The van der Waals surface area contributed by atoms with E-state index in [1.807, 2.05) is 0 Å². The van der Waals surface area contributed by atoms with Crippen molar-refractivity contribution in [1.82, 2.24) is 5.32 Å². The first-order valence-corrected chi connectivity index (χ1v) is 9.85. The van der Waals surface area contributed by atoms with Crippen molar-refractivity contribution in [2.24, 2.45) is 0 Å². The van der Waals surface area contributed by atoms with Crippen LogP contribution in [0.1, 0.15) is 10.4 Å². The molecule has 1 amide bonds. The normalized spacial score (nSPS) is 11.0. The van der Waals surface area contributed by atoms with Crippen LogP contribution in [0.15, 0.2) is 41.3 Å². The molecular formula is C16H16ClN3O6S. The van der Waals surface area contributed by atoms with Gasteiger partial charge in [0.1, 0.15) is 11.4 Å². The predicted molar refractivity (Wildman–Crippen MR) is 100 cm³/mol. The zero-order chi connectivity index (χ0) is 20.2. The monoisotopic (exact) mass is 413 g/mol. The SMILES string of the molecule is CS(=O)(=O)c1ccc(NCCNC(=O)c2ccc(O)c(Cl)c2)c([N+](=O)[O-])c1. The molecule has 0 saturated carbocycles. The molecule has 27 heavy (non-hydrogen) atoms. The Balaban J connectivity index is 1.99. The Kier molecular flexibility index (Phi) is 6.24. The Morgan fingerprint density at radius 3 is 2.52 bits per heavy atom. The van der Waals surface area contributed by atoms with Gasteiger partial charge in [0.25, 0.3) is 11.6 Å². The molecule has 0 spiro atoms. The van der Waals surface area contributed by atoms with Crippen molar-refractivity contribution in [3.63, 3.8) is 0 Å². The maximum absolute atomic E-state index is 12.0. The predicted octanol–water partition coefficient (Wildman–Crippen LogP) is 2.20. The van der Waals surface area contributed by atoms with Gasteiger partial charge in [-0.1, -0.05) is 11.6 Å². The summed E-state index contributed by atoms with van der Waals surface area (Å²) in [6.45, 7) is 0.304. The topological polar surface area (TPSA) is 139 Å². The van der Waals surface area contributed by atoms with Gasteiger partial charge in [-0.2, -0.15) is 0 Å². The fourth-order valence-electron chi connectivity index (χ4n) is 2.17. The molecule has 11 heteroatoms. The number of nitrogens with zero attached hydrogens (tertiary/aromatic N) is 1. The third-order valence-corrected chi connectivity index (χ3v) is 4.94. The number of hydrogen-bond acceptors (Lipinski definition) is 7. The van der Waals surface area contributed by atoms with Gasteiger partial charge in [0.15, 0.2) is 9.84 Å². The van der Waals surface area contributed by atoms with E-state index in [0.717, 1.165) is 12.3 Å². The maximum atomic E-state index is 12.0. The van der Waals surface area contributed by atoms with Crippen molar-refractivity contribution < 1.29 is 23.2 Å². The Bertz CT molecular complexity index is 994. The second-order valence-corrected chi connectivity index (χ2v) is 7.98. The summed E-state index contributed by atoms with van der Waals surface area (Å²) < 4.78 is 23.0. The number of carbonyl (C=O) groups excluding carboxylic acids is 1. The van der Waals surface area contributed by atoms with Crippen LogP contribution in [0.25, 0.3) is 0 Å². The molecule has 0 radical (unpaired) electrons. The van der Waals surface area contributed by atoms with Gasteiger partial charge in [-0.05, 0) is 30.3 Å². The first-order valence-electron chi connectivity index (χ1n) is 7.58. The van der Waals surface area contributed by atoms with E-state index in [1.54, 1.807) is 0 Å². The molecule has 3 N–H and O–H groups in total. The summed E-state index contributed by atoms with van der Waals surface area (Å²) in [5.74, 6) is -0.569. The summed E-state index contributed by atoms with van der Waals surface area (Å²) in [6, 6.07) is 7.56. The molecule has 2 aromatic carbocycles. The molecule has 0 heterocycles. The van der Waals surface area contributed by atoms with Crippen LogP contribution in [-0.2, 0) is 9.84 Å². The Morgan fingerprint density at radius 2 is 1.93 bits per heavy atom. The van der Waals surface area contributed by atoms with Crippen molar-refractivity contribution in [3.8, 4) is 5.75 Å². The molecule has 9 nitrogen and oxygen atoms in total. The smallest absolute Gasteiger partial charge is 0.293 e. The number of hydrogen-bond donors (Lipinski definition) is 3. The number of anilines is 1. The average molecular weight is 414 g/mol. The van der Waals surface area contributed by atoms with Crippen LogP contribution in [0.3, 0.4) is 0 Å². The van der Waals surface area contributed by atoms with Crippen LogP contribution in [0, 0.1) is 10.1 Å². The van der Waals surface area contributed by atoms with Gasteiger partial charge in [-0.3, -0.25) is 14.9 Å². The molecule has 2 aromatic rings. The molecule has 0 fully saturated rings. The largest absolute Gasteiger partial charge is 0.506 e. The maximum Gasteiger partial charge on any atom is 0.293 e. The molecule has 0 aliphatic rings. The van der Waals surface area contributed by atoms with Gasteiger partial charge >= 0.3 is 0 Å². The molecule has 2 rings (SSSR count). The zero-order valence-electron chi connectivity index (χ0n) is 14.1. The van der Waals surface area contributed by atoms with E-state index in [2.05, 4.69) is 10.6 Å². The molecule has 0 bridgehead atoms. The van der Waals surface area contributed by atoms with Crippen molar-refractivity contribution in [1.29, 1.82) is 0 Å². The first kappa shape index (κ1) is 20.5. The van der Waals surface area contributed by atoms with Crippen molar-refractivity contribution >= 4 is 38.7 Å². The van der Waals surface area contributed by atoms with Gasteiger partial charge in [0.2, 0.25) is 0 Å². The molecule has 0 atom stereocenters. The highest BCUT2D eigenvalue weighted by atomic mass is 35.5. The lowest BCUT2D eigenvalue weighted by molar-refractivity contribution is -0.384. The lowest BCUT2D eigenvalue weighted by atomic mass is 10.2. The molecule has 0 aromatic heterocycles. The van der Waals surface area contributed by atoms with E-state index >= 15 is 0 Å². The first-order chi connectivity index (χ1) is 12.6. The number of benzene rings is 2. The summed E-state index contributed by atoms with van der Waals surface area (Å²) in [7, 11) is -3.57. The van der Waals surface area contributed by atoms with E-state index in [-0.39, 0.29) is 45.7 Å². The molecule has 0 aliphatic heterocycles. The summed E-state index contributed by atoms with van der Waals surface area (Å²) in [5.41, 5.74) is 0.00480. The second kappa shape index (κ2) is 8.23. The van der Waals surface area contributed by atoms with Crippen LogP contribution in [0.5, 0.6) is 5.75 Å². The number of amides is 1. The number of nitro benzene ring substituents is 1. The number of nitro groups is 1. The minimum Gasteiger partial charge on any atom is -0.506 e. The van der Waals surface area contributed by atoms with Crippen molar-refractivity contribution in [3.05, 3.63) is 57.1 Å². The number of halogens is 1. The summed E-state index contributed by atoms with van der Waals surface area (Å²) in [6.07, 6.45) is 0.963. The standard InChI is InChI=1S/C16H16ClN3O6S/c1-27(25,26)11-3-4-13(14(9-11)20(23)24)18-6-7-19-16(22)10-2-5-15(21)12(17)8-10/h2-5,8-9,18,21H,6-7H2,1H3,(H,19,22). The highest BCUT2D eigenvalue weighted by molar-refractivity contribution is 7.90. The van der Waals surface area contributed by atoms with Crippen LogP contribution in [0.4, 0.5) is 11.4 Å². The second-order valence-electron chi connectivity index (χ2n) is 5.56. The fourth-order valence-corrected chi connectivity index (χ4v) is 2.99. The van der Waals surface area contributed by atoms with E-state index in [9.17, 15) is 28.4 Å². The minimum atomic E-state index is -3.57. The van der Waals surface area contributed by atoms with Gasteiger partial charge in [0.05, 0.1) is 14.8 Å². The fraction of sp³-hybridized carbons (Fsp3) is 0.188. The quantitative estimate of drug-likeness (QED) is 0.359. The van der Waals surface area contributed by atoms with Gasteiger partial charge in [-0.25, -0.2) is 8.42 Å². The molecule has 0 unspecified atom stereocenters. The molecule has 0 saturated heterocycles. The number of phenols is 1. The Hall–Kier alpha value is -2.85. The zero-order valence-corrected chi connectivity index (χ0v) is 15.7. The third-order valence-electron chi connectivity index (χ3n) is 3.53. The van der Waals surface area contributed by atoms with E-state index in [0.29, 0.717) is 0 Å². The molecule has 0 aliphatic carbocycles. The van der Waals surface area contributed by atoms with E-state index in [1.165, 1.54) is 30.3 Å².